The molecule has 4 heterocycles. The molecule has 1 aromatic carbocycles. The normalized spacial score (nSPS) is 24.1. The molecular formula is C20H21N5OS. The quantitative estimate of drug-likeness (QED) is 0.731. The second-order valence-electron chi connectivity index (χ2n) is 7.33. The molecule has 7 heteroatoms. The number of amides is 1. The fourth-order valence-electron chi connectivity index (χ4n) is 4.10. The van der Waals surface area contributed by atoms with E-state index >= 15 is 0 Å². The summed E-state index contributed by atoms with van der Waals surface area (Å²) in [6, 6.07) is 11.3. The third-order valence-corrected chi connectivity index (χ3v) is 6.29. The first-order valence-corrected chi connectivity index (χ1v) is 10.3. The van der Waals surface area contributed by atoms with E-state index in [0.29, 0.717) is 17.8 Å². The second kappa shape index (κ2) is 6.90. The lowest BCUT2D eigenvalue weighted by Crippen LogP contribution is -2.48. The minimum Gasteiger partial charge on any atom is -0.348 e. The average molecular weight is 379 g/mol. The molecule has 138 valence electrons. The number of hydrogen-bond donors (Lipinski definition) is 2. The van der Waals surface area contributed by atoms with Crippen LogP contribution in [0.25, 0.3) is 16.3 Å². The van der Waals surface area contributed by atoms with Gasteiger partial charge in [-0.05, 0) is 37.8 Å². The zero-order chi connectivity index (χ0) is 18.2. The molecule has 2 atom stereocenters. The predicted molar refractivity (Wildman–Crippen MR) is 105 cm³/mol. The van der Waals surface area contributed by atoms with Gasteiger partial charge in [0.05, 0.1) is 11.9 Å². The predicted octanol–water partition coefficient (Wildman–Crippen LogP) is 3.01. The largest absolute Gasteiger partial charge is 0.348 e. The van der Waals surface area contributed by atoms with Crippen LogP contribution in [0.1, 0.15) is 36.2 Å². The Hall–Kier alpha value is -2.51. The van der Waals surface area contributed by atoms with E-state index in [-0.39, 0.29) is 11.9 Å². The molecule has 27 heavy (non-hydrogen) atoms. The lowest BCUT2D eigenvalue weighted by molar-refractivity contribution is 0.0919. The average Bonchev–Trinajstić information content (AvgIpc) is 3.42. The minimum atomic E-state index is -0.0701. The maximum Gasteiger partial charge on any atom is 0.270 e. The van der Waals surface area contributed by atoms with E-state index in [1.54, 1.807) is 6.20 Å². The number of aromatic nitrogens is 3. The molecule has 2 fully saturated rings. The Morgan fingerprint density at radius 2 is 1.96 bits per heavy atom. The summed E-state index contributed by atoms with van der Waals surface area (Å²) < 4.78 is 1.82. The van der Waals surface area contributed by atoms with E-state index in [0.717, 1.165) is 29.1 Å². The summed E-state index contributed by atoms with van der Waals surface area (Å²) in [7, 11) is 0. The zero-order valence-electron chi connectivity index (χ0n) is 14.8. The van der Waals surface area contributed by atoms with Crippen molar-refractivity contribution in [3.63, 3.8) is 0 Å². The number of benzene rings is 1. The molecule has 6 nitrogen and oxygen atoms in total. The fourth-order valence-corrected chi connectivity index (χ4v) is 4.88. The monoisotopic (exact) mass is 379 g/mol. The highest BCUT2D eigenvalue weighted by molar-refractivity contribution is 7.13. The summed E-state index contributed by atoms with van der Waals surface area (Å²) in [5.74, 6) is -0.0701. The van der Waals surface area contributed by atoms with Gasteiger partial charge >= 0.3 is 0 Å². The van der Waals surface area contributed by atoms with Crippen molar-refractivity contribution >= 4 is 17.2 Å². The topological polar surface area (TPSA) is 71.8 Å². The van der Waals surface area contributed by atoms with Crippen LogP contribution in [0.4, 0.5) is 0 Å². The van der Waals surface area contributed by atoms with Gasteiger partial charge in [-0.2, -0.15) is 5.10 Å². The van der Waals surface area contributed by atoms with Crippen LogP contribution in [0.5, 0.6) is 0 Å². The van der Waals surface area contributed by atoms with E-state index in [2.05, 4.69) is 20.7 Å². The Labute approximate surface area is 161 Å². The number of nitrogens with zero attached hydrogens (tertiary/aromatic N) is 3. The molecule has 2 aliphatic heterocycles. The number of fused-ring (bicyclic) bond motifs is 2. The molecule has 5 rings (SSSR count). The van der Waals surface area contributed by atoms with E-state index in [9.17, 15) is 4.79 Å². The summed E-state index contributed by atoms with van der Waals surface area (Å²) >= 11 is 1.48. The molecule has 0 saturated carbocycles. The van der Waals surface area contributed by atoms with E-state index in [1.807, 2.05) is 46.6 Å². The highest BCUT2D eigenvalue weighted by Crippen LogP contribution is 2.28. The van der Waals surface area contributed by atoms with Crippen LogP contribution in [0, 0.1) is 0 Å². The van der Waals surface area contributed by atoms with Crippen LogP contribution in [-0.4, -0.2) is 38.8 Å². The Morgan fingerprint density at radius 1 is 1.19 bits per heavy atom. The number of rotatable bonds is 4. The maximum absolute atomic E-state index is 12.6. The van der Waals surface area contributed by atoms with Crippen molar-refractivity contribution in [1.82, 2.24) is 25.4 Å². The van der Waals surface area contributed by atoms with E-state index in [4.69, 9.17) is 0 Å². The lowest BCUT2D eigenvalue weighted by atomic mass is 10.00. The third-order valence-electron chi connectivity index (χ3n) is 5.40. The van der Waals surface area contributed by atoms with Gasteiger partial charge in [0.1, 0.15) is 10.7 Å². The Morgan fingerprint density at radius 3 is 2.74 bits per heavy atom. The molecule has 3 aromatic rings. The highest BCUT2D eigenvalue weighted by Gasteiger charge is 2.34. The lowest BCUT2D eigenvalue weighted by Gasteiger charge is -2.29. The van der Waals surface area contributed by atoms with Crippen LogP contribution in [0.3, 0.4) is 0 Å². The van der Waals surface area contributed by atoms with Crippen molar-refractivity contribution in [3.05, 3.63) is 53.8 Å². The van der Waals surface area contributed by atoms with Crippen molar-refractivity contribution in [2.75, 3.05) is 0 Å². The molecule has 0 radical (unpaired) electrons. The van der Waals surface area contributed by atoms with Crippen LogP contribution in [0.15, 0.2) is 48.1 Å². The number of nitrogens with one attached hydrogen (secondary N) is 2. The molecule has 0 aliphatic carbocycles. The van der Waals surface area contributed by atoms with E-state index < -0.39 is 0 Å². The molecule has 0 spiro atoms. The summed E-state index contributed by atoms with van der Waals surface area (Å²) in [6.45, 7) is 0. The summed E-state index contributed by atoms with van der Waals surface area (Å²) in [6.07, 6.45) is 8.22. The molecule has 2 unspecified atom stereocenters. The van der Waals surface area contributed by atoms with Gasteiger partial charge in [-0.15, -0.1) is 11.3 Å². The first-order chi connectivity index (χ1) is 13.2. The Kier molecular flexibility index (Phi) is 4.26. The number of piperidine rings is 1. The third kappa shape index (κ3) is 3.40. The minimum absolute atomic E-state index is 0.0701. The molecular weight excluding hydrogens is 358 g/mol. The first kappa shape index (κ1) is 16.6. The number of carbonyl (C=O) groups excluding carboxylic acids is 1. The van der Waals surface area contributed by atoms with E-state index in [1.165, 1.54) is 24.2 Å². The second-order valence-corrected chi connectivity index (χ2v) is 8.18. The van der Waals surface area contributed by atoms with Crippen molar-refractivity contribution in [3.8, 4) is 16.3 Å². The molecule has 2 bridgehead atoms. The van der Waals surface area contributed by atoms with Gasteiger partial charge in [-0.25, -0.2) is 9.67 Å². The Bertz CT molecular complexity index is 938. The first-order valence-electron chi connectivity index (χ1n) is 9.37. The standard InChI is InChI=1S/C20H21N5OS/c26-19(23-16-8-14-6-7-15(9-16)22-14)18-12-27-20(24-18)13-10-21-25(11-13)17-4-2-1-3-5-17/h1-5,10-12,14-16,22H,6-9H2,(H,23,26). The van der Waals surface area contributed by atoms with Crippen LogP contribution >= 0.6 is 11.3 Å². The summed E-state index contributed by atoms with van der Waals surface area (Å²) in [5, 5.41) is 13.8. The van der Waals surface area contributed by atoms with Gasteiger partial charge < -0.3 is 10.6 Å². The van der Waals surface area contributed by atoms with Crippen LogP contribution in [0.2, 0.25) is 0 Å². The molecule has 2 saturated heterocycles. The maximum atomic E-state index is 12.6. The van der Waals surface area contributed by atoms with Gasteiger partial charge in [0.2, 0.25) is 0 Å². The number of thiazole rings is 1. The Balaban J connectivity index is 1.28. The molecule has 2 N–H and O–H groups in total. The molecule has 2 aromatic heterocycles. The zero-order valence-corrected chi connectivity index (χ0v) is 15.7. The van der Waals surface area contributed by atoms with Gasteiger partial charge in [-0.3, -0.25) is 4.79 Å². The SMILES string of the molecule is O=C(NC1CC2CCC(C1)N2)c1csc(-c2cnn(-c3ccccc3)c2)n1. The van der Waals surface area contributed by atoms with Gasteiger partial charge in [-0.1, -0.05) is 18.2 Å². The smallest absolute Gasteiger partial charge is 0.270 e. The highest BCUT2D eigenvalue weighted by atomic mass is 32.1. The van der Waals surface area contributed by atoms with Crippen molar-refractivity contribution < 1.29 is 4.79 Å². The fraction of sp³-hybridized carbons (Fsp3) is 0.350. The number of hydrogen-bond acceptors (Lipinski definition) is 5. The summed E-state index contributed by atoms with van der Waals surface area (Å²) in [5.41, 5.74) is 2.41. The van der Waals surface area contributed by atoms with Gasteiger partial charge in [0, 0.05) is 35.3 Å². The van der Waals surface area contributed by atoms with Crippen LogP contribution < -0.4 is 10.6 Å². The molecule has 2 aliphatic rings. The number of carbonyl (C=O) groups is 1. The van der Waals surface area contributed by atoms with Crippen LogP contribution in [-0.2, 0) is 0 Å². The van der Waals surface area contributed by atoms with Crippen molar-refractivity contribution in [2.24, 2.45) is 0 Å². The van der Waals surface area contributed by atoms with Crippen molar-refractivity contribution in [1.29, 1.82) is 0 Å². The van der Waals surface area contributed by atoms with Crippen molar-refractivity contribution in [2.45, 2.75) is 43.8 Å². The number of para-hydroxylation sites is 1. The summed E-state index contributed by atoms with van der Waals surface area (Å²) in [4.78, 5) is 17.2. The molecule has 1 amide bonds. The van der Waals surface area contributed by atoms with Gasteiger partial charge in [0.25, 0.3) is 5.91 Å². The van der Waals surface area contributed by atoms with Gasteiger partial charge in [0.15, 0.2) is 0 Å².